The molecular formula is C17H23BrIN5OS. The Morgan fingerprint density at radius 1 is 1.23 bits per heavy atom. The number of guanidine groups is 1. The van der Waals surface area contributed by atoms with Crippen molar-refractivity contribution >= 4 is 68.8 Å². The number of hydrogen-bond acceptors (Lipinski definition) is 4. The van der Waals surface area contributed by atoms with E-state index in [4.69, 9.17) is 0 Å². The Balaban J connectivity index is 0.00000338. The number of benzene rings is 1. The molecule has 142 valence electrons. The molecule has 0 fully saturated rings. The van der Waals surface area contributed by atoms with Crippen LogP contribution >= 0.6 is 51.2 Å². The standard InChI is InChI=1S/C17H22BrN5OS.HI/c1-12-22-15(11-25-12)7-9-20-17(19-2)21-10-8-16(24)23-14-5-3-13(18)4-6-14;/h3-6,11H,7-10H2,1-2H3,(H,23,24)(H2,19,20,21);1H. The molecule has 0 spiro atoms. The molecule has 3 N–H and O–H groups in total. The quantitative estimate of drug-likeness (QED) is 0.279. The van der Waals surface area contributed by atoms with Gasteiger partial charge in [0, 0.05) is 48.5 Å². The van der Waals surface area contributed by atoms with Crippen LogP contribution < -0.4 is 16.0 Å². The number of halogens is 2. The number of nitrogens with zero attached hydrogens (tertiary/aromatic N) is 2. The van der Waals surface area contributed by atoms with Crippen LogP contribution in [0, 0.1) is 6.92 Å². The number of anilines is 1. The first-order valence-corrected chi connectivity index (χ1v) is 9.65. The lowest BCUT2D eigenvalue weighted by atomic mass is 10.3. The van der Waals surface area contributed by atoms with E-state index in [9.17, 15) is 4.79 Å². The second-order valence-corrected chi connectivity index (χ2v) is 7.32. The first-order valence-electron chi connectivity index (χ1n) is 7.98. The third-order valence-electron chi connectivity index (χ3n) is 3.34. The Morgan fingerprint density at radius 2 is 1.92 bits per heavy atom. The maximum Gasteiger partial charge on any atom is 0.226 e. The molecule has 0 bridgehead atoms. The summed E-state index contributed by atoms with van der Waals surface area (Å²) >= 11 is 5.02. The van der Waals surface area contributed by atoms with Gasteiger partial charge >= 0.3 is 0 Å². The van der Waals surface area contributed by atoms with Gasteiger partial charge in [-0.25, -0.2) is 4.98 Å². The number of thiazole rings is 1. The van der Waals surface area contributed by atoms with Crippen LogP contribution in [0.3, 0.4) is 0 Å². The molecule has 0 saturated carbocycles. The van der Waals surface area contributed by atoms with Crippen LogP contribution in [-0.2, 0) is 11.2 Å². The van der Waals surface area contributed by atoms with E-state index in [1.807, 2.05) is 31.2 Å². The van der Waals surface area contributed by atoms with E-state index < -0.39 is 0 Å². The molecule has 1 amide bonds. The SMILES string of the molecule is CN=C(NCCC(=O)Nc1ccc(Br)cc1)NCCc1csc(C)n1.I. The van der Waals surface area contributed by atoms with E-state index >= 15 is 0 Å². The van der Waals surface area contributed by atoms with Gasteiger partial charge in [-0.1, -0.05) is 15.9 Å². The Bertz CT molecular complexity index is 720. The van der Waals surface area contributed by atoms with Crippen molar-refractivity contribution in [2.45, 2.75) is 19.8 Å². The Kier molecular flexibility index (Phi) is 10.7. The van der Waals surface area contributed by atoms with Gasteiger partial charge in [-0.3, -0.25) is 9.79 Å². The number of hydrogen-bond donors (Lipinski definition) is 3. The summed E-state index contributed by atoms with van der Waals surface area (Å²) in [6.45, 7) is 3.26. The second kappa shape index (κ2) is 12.2. The van der Waals surface area contributed by atoms with Gasteiger partial charge in [-0.15, -0.1) is 35.3 Å². The topological polar surface area (TPSA) is 78.4 Å². The number of nitrogens with one attached hydrogen (secondary N) is 3. The molecule has 6 nitrogen and oxygen atoms in total. The molecule has 1 aromatic heterocycles. The molecule has 0 aliphatic rings. The Labute approximate surface area is 183 Å². The van der Waals surface area contributed by atoms with Crippen molar-refractivity contribution in [2.75, 3.05) is 25.5 Å². The summed E-state index contributed by atoms with van der Waals surface area (Å²) in [6, 6.07) is 7.50. The minimum Gasteiger partial charge on any atom is -0.356 e. The Morgan fingerprint density at radius 3 is 2.54 bits per heavy atom. The van der Waals surface area contributed by atoms with Crippen LogP contribution in [0.25, 0.3) is 0 Å². The molecule has 0 saturated heterocycles. The zero-order valence-corrected chi connectivity index (χ0v) is 19.4. The second-order valence-electron chi connectivity index (χ2n) is 5.34. The average molecular weight is 552 g/mol. The van der Waals surface area contributed by atoms with Gasteiger partial charge in [-0.2, -0.15) is 0 Å². The van der Waals surface area contributed by atoms with Crippen molar-refractivity contribution in [3.63, 3.8) is 0 Å². The number of aliphatic imine (C=N–C) groups is 1. The maximum atomic E-state index is 11.9. The van der Waals surface area contributed by atoms with E-state index in [1.54, 1.807) is 18.4 Å². The molecule has 0 atom stereocenters. The summed E-state index contributed by atoms with van der Waals surface area (Å²) in [4.78, 5) is 20.5. The van der Waals surface area contributed by atoms with Gasteiger partial charge < -0.3 is 16.0 Å². The normalized spacial score (nSPS) is 10.8. The highest BCUT2D eigenvalue weighted by Gasteiger charge is 2.04. The zero-order chi connectivity index (χ0) is 18.1. The highest BCUT2D eigenvalue weighted by Crippen LogP contribution is 2.14. The predicted molar refractivity (Wildman–Crippen MR) is 123 cm³/mol. The van der Waals surface area contributed by atoms with Crippen LogP contribution in [0.4, 0.5) is 5.69 Å². The molecule has 26 heavy (non-hydrogen) atoms. The van der Waals surface area contributed by atoms with E-state index in [-0.39, 0.29) is 29.9 Å². The largest absolute Gasteiger partial charge is 0.356 e. The molecule has 0 aliphatic carbocycles. The summed E-state index contributed by atoms with van der Waals surface area (Å²) in [5, 5.41) is 12.4. The van der Waals surface area contributed by atoms with E-state index in [0.29, 0.717) is 18.9 Å². The first kappa shape index (κ1) is 22.8. The lowest BCUT2D eigenvalue weighted by molar-refractivity contribution is -0.116. The van der Waals surface area contributed by atoms with Crippen LogP contribution in [0.2, 0.25) is 0 Å². The maximum absolute atomic E-state index is 11.9. The van der Waals surface area contributed by atoms with Gasteiger partial charge in [0.25, 0.3) is 0 Å². The summed E-state index contributed by atoms with van der Waals surface area (Å²) in [6.07, 6.45) is 1.21. The fourth-order valence-corrected chi connectivity index (χ4v) is 3.02. The van der Waals surface area contributed by atoms with E-state index in [1.165, 1.54) is 0 Å². The van der Waals surface area contributed by atoms with Crippen molar-refractivity contribution in [1.29, 1.82) is 0 Å². The molecule has 2 rings (SSSR count). The molecule has 0 radical (unpaired) electrons. The molecule has 2 aromatic rings. The third kappa shape index (κ3) is 8.45. The van der Waals surface area contributed by atoms with Gasteiger partial charge in [0.1, 0.15) is 0 Å². The molecule has 1 heterocycles. The zero-order valence-electron chi connectivity index (χ0n) is 14.7. The smallest absolute Gasteiger partial charge is 0.226 e. The molecular weight excluding hydrogens is 529 g/mol. The minimum absolute atomic E-state index is 0. The summed E-state index contributed by atoms with van der Waals surface area (Å²) < 4.78 is 0.981. The van der Waals surface area contributed by atoms with Crippen LogP contribution in [0.15, 0.2) is 39.1 Å². The van der Waals surface area contributed by atoms with Crippen LogP contribution in [0.1, 0.15) is 17.1 Å². The molecule has 0 aliphatic heterocycles. The number of aromatic nitrogens is 1. The average Bonchev–Trinajstić information content (AvgIpc) is 3.01. The summed E-state index contributed by atoms with van der Waals surface area (Å²) in [5.74, 6) is 0.645. The summed E-state index contributed by atoms with van der Waals surface area (Å²) in [5.41, 5.74) is 1.87. The van der Waals surface area contributed by atoms with Crippen molar-refractivity contribution in [1.82, 2.24) is 15.6 Å². The summed E-state index contributed by atoms with van der Waals surface area (Å²) in [7, 11) is 1.71. The monoisotopic (exact) mass is 551 g/mol. The lowest BCUT2D eigenvalue weighted by Crippen LogP contribution is -2.39. The fraction of sp³-hybridized carbons (Fsp3) is 0.353. The number of carbonyl (C=O) groups excluding carboxylic acids is 1. The molecule has 0 unspecified atom stereocenters. The number of rotatable bonds is 7. The van der Waals surface area contributed by atoms with Crippen LogP contribution in [-0.4, -0.2) is 37.0 Å². The van der Waals surface area contributed by atoms with Crippen molar-refractivity contribution < 1.29 is 4.79 Å². The number of aryl methyl sites for hydroxylation is 1. The van der Waals surface area contributed by atoms with Crippen molar-refractivity contribution in [2.24, 2.45) is 4.99 Å². The highest BCUT2D eigenvalue weighted by molar-refractivity contribution is 14.0. The predicted octanol–water partition coefficient (Wildman–Crippen LogP) is 3.57. The van der Waals surface area contributed by atoms with Crippen LogP contribution in [0.5, 0.6) is 0 Å². The van der Waals surface area contributed by atoms with E-state index in [0.717, 1.165) is 33.8 Å². The number of amides is 1. The first-order chi connectivity index (χ1) is 12.1. The molecule has 1 aromatic carbocycles. The van der Waals surface area contributed by atoms with Crippen molar-refractivity contribution in [3.05, 3.63) is 44.8 Å². The molecule has 9 heteroatoms. The lowest BCUT2D eigenvalue weighted by Gasteiger charge is -2.11. The minimum atomic E-state index is -0.0387. The highest BCUT2D eigenvalue weighted by atomic mass is 127. The van der Waals surface area contributed by atoms with Crippen molar-refractivity contribution in [3.8, 4) is 0 Å². The Hall–Kier alpha value is -1.20. The number of carbonyl (C=O) groups is 1. The van der Waals surface area contributed by atoms with Gasteiger partial charge in [0.2, 0.25) is 5.91 Å². The van der Waals surface area contributed by atoms with Gasteiger partial charge in [0.15, 0.2) is 5.96 Å². The van der Waals surface area contributed by atoms with Gasteiger partial charge in [-0.05, 0) is 31.2 Å². The third-order valence-corrected chi connectivity index (χ3v) is 4.69. The fourth-order valence-electron chi connectivity index (χ4n) is 2.10. The van der Waals surface area contributed by atoms with E-state index in [2.05, 4.69) is 47.2 Å². The van der Waals surface area contributed by atoms with Gasteiger partial charge in [0.05, 0.1) is 10.7 Å².